The van der Waals surface area contributed by atoms with Crippen LogP contribution in [-0.2, 0) is 14.6 Å². The number of piperazine rings is 1. The van der Waals surface area contributed by atoms with Crippen LogP contribution in [0.3, 0.4) is 0 Å². The molecule has 270 valence electrons. The molecule has 0 aliphatic carbocycles. The molecule has 2 unspecified atom stereocenters. The maximum Gasteiger partial charge on any atom is 0.326 e. The predicted octanol–water partition coefficient (Wildman–Crippen LogP) is 6.51. The van der Waals surface area contributed by atoms with Gasteiger partial charge in [0.1, 0.15) is 28.3 Å². The maximum absolute atomic E-state index is 15.5. The number of amidine groups is 1. The van der Waals surface area contributed by atoms with Crippen LogP contribution in [0.1, 0.15) is 49.5 Å². The average molecular weight is 769 g/mol. The normalized spacial score (nSPS) is 18.1. The summed E-state index contributed by atoms with van der Waals surface area (Å²) in [6.45, 7) is 6.67. The molecule has 50 heavy (non-hydrogen) atoms. The maximum atomic E-state index is 15.5. The molecular weight excluding hydrogens is 728 g/mol. The number of hydrogen-bond acceptors (Lipinski definition) is 7. The molecule has 3 aromatic carbocycles. The van der Waals surface area contributed by atoms with Gasteiger partial charge >= 0.3 is 6.03 Å². The van der Waals surface area contributed by atoms with Crippen LogP contribution < -0.4 is 4.74 Å². The third-order valence-corrected chi connectivity index (χ3v) is 11.4. The summed E-state index contributed by atoms with van der Waals surface area (Å²) in [6.07, 6.45) is 0. The van der Waals surface area contributed by atoms with Crippen LogP contribution in [0.2, 0.25) is 10.0 Å². The van der Waals surface area contributed by atoms with Crippen LogP contribution in [0.15, 0.2) is 70.6 Å². The van der Waals surface area contributed by atoms with E-state index in [4.69, 9.17) is 32.9 Å². The van der Waals surface area contributed by atoms with Crippen molar-refractivity contribution in [1.82, 2.24) is 19.6 Å². The van der Waals surface area contributed by atoms with Crippen molar-refractivity contribution < 1.29 is 27.1 Å². The Hall–Kier alpha value is -3.42. The molecule has 0 spiro atoms. The van der Waals surface area contributed by atoms with Gasteiger partial charge in [0.05, 0.1) is 30.0 Å². The first kappa shape index (κ1) is 39.4. The van der Waals surface area contributed by atoms with Gasteiger partial charge in [-0.1, -0.05) is 47.5 Å². The van der Waals surface area contributed by atoms with E-state index in [1.807, 2.05) is 29.2 Å². The number of carbonyl (C=O) groups is 2. The van der Waals surface area contributed by atoms with Crippen molar-refractivity contribution >= 4 is 63.2 Å². The molecule has 2 aliphatic rings. The van der Waals surface area contributed by atoms with E-state index < -0.39 is 37.9 Å². The summed E-state index contributed by atoms with van der Waals surface area (Å²) in [7, 11) is -0.673. The van der Waals surface area contributed by atoms with E-state index in [1.54, 1.807) is 55.1 Å². The van der Waals surface area contributed by atoms with E-state index in [0.717, 1.165) is 17.2 Å². The fourth-order valence-corrected chi connectivity index (χ4v) is 7.27. The van der Waals surface area contributed by atoms with Crippen molar-refractivity contribution in [3.05, 3.63) is 93.2 Å². The highest BCUT2D eigenvalue weighted by atomic mass is 35.5. The number of hydrogen-bond donors (Lipinski definition) is 0. The molecule has 0 saturated carbocycles. The second-order valence-electron chi connectivity index (χ2n) is 12.5. The van der Waals surface area contributed by atoms with Crippen molar-refractivity contribution in [3.8, 4) is 5.75 Å². The summed E-state index contributed by atoms with van der Waals surface area (Å²) in [5.74, 6) is -0.796. The number of nitrogens with zero attached hydrogens (tertiary/aromatic N) is 5. The highest BCUT2D eigenvalue weighted by Crippen LogP contribution is 2.46. The van der Waals surface area contributed by atoms with Crippen LogP contribution in [-0.4, -0.2) is 104 Å². The molecule has 3 amide bonds. The minimum Gasteiger partial charge on any atom is -0.493 e. The number of sulfone groups is 1. The number of amides is 3. The highest BCUT2D eigenvalue weighted by Gasteiger charge is 2.45. The molecule has 2 aliphatic heterocycles. The zero-order chi connectivity index (χ0) is 35.6. The quantitative estimate of drug-likeness (QED) is 0.246. The van der Waals surface area contributed by atoms with Crippen LogP contribution >= 0.6 is 35.6 Å². The number of benzene rings is 3. The summed E-state index contributed by atoms with van der Waals surface area (Å²) < 4.78 is 48.1. The van der Waals surface area contributed by atoms with Crippen molar-refractivity contribution in [2.75, 3.05) is 53.4 Å². The predicted molar refractivity (Wildman–Crippen MR) is 196 cm³/mol. The average Bonchev–Trinajstić information content (AvgIpc) is 3.45. The molecule has 0 radical (unpaired) electrons. The van der Waals surface area contributed by atoms with E-state index in [2.05, 4.69) is 0 Å². The van der Waals surface area contributed by atoms with E-state index in [9.17, 15) is 18.0 Å². The van der Waals surface area contributed by atoms with Gasteiger partial charge < -0.3 is 14.5 Å². The Morgan fingerprint density at radius 1 is 0.960 bits per heavy atom. The Morgan fingerprint density at radius 3 is 2.04 bits per heavy atom. The van der Waals surface area contributed by atoms with E-state index in [1.165, 1.54) is 24.8 Å². The standard InChI is InChI=1S/C35H40Cl2FN5O5S.ClH/c1-6-48-29-20-28(38)30(49(46,47)22(2)3)19-27(29)34-39-32(23-7-11-25(36)12-8-23)33(24-9-13-26(37)14-10-24)43(34)35(45)42-17-15-41(16-18-42)21-31(44)40(4)5;/h7-14,19-20,22,32-33H,6,15-18,21H2,1-5H3;1H. The molecular formula is C35H41Cl3FN5O5S. The molecule has 15 heteroatoms. The first-order valence-corrected chi connectivity index (χ1v) is 18.3. The second kappa shape index (κ2) is 16.3. The zero-order valence-electron chi connectivity index (χ0n) is 28.5. The van der Waals surface area contributed by atoms with Gasteiger partial charge in [-0.25, -0.2) is 17.6 Å². The van der Waals surface area contributed by atoms with Crippen molar-refractivity contribution in [2.24, 2.45) is 4.99 Å². The summed E-state index contributed by atoms with van der Waals surface area (Å²) in [5.41, 5.74) is 1.64. The lowest BCUT2D eigenvalue weighted by molar-refractivity contribution is -0.130. The lowest BCUT2D eigenvalue weighted by atomic mass is 9.93. The molecule has 2 atom stereocenters. The van der Waals surface area contributed by atoms with Crippen molar-refractivity contribution in [1.29, 1.82) is 0 Å². The number of ether oxygens (including phenoxy) is 1. The lowest BCUT2D eigenvalue weighted by Gasteiger charge is -2.39. The number of likely N-dealkylation sites (N-methyl/N-ethyl adjacent to an activating group) is 1. The third kappa shape index (κ3) is 8.21. The van der Waals surface area contributed by atoms with Gasteiger partial charge in [0.25, 0.3) is 0 Å². The summed E-state index contributed by atoms with van der Waals surface area (Å²) in [4.78, 5) is 38.6. The van der Waals surface area contributed by atoms with Crippen LogP contribution in [0.25, 0.3) is 0 Å². The van der Waals surface area contributed by atoms with Gasteiger partial charge in [0, 0.05) is 56.4 Å². The molecule has 0 aromatic heterocycles. The van der Waals surface area contributed by atoms with Gasteiger partial charge in [-0.2, -0.15) is 0 Å². The Labute approximate surface area is 309 Å². The molecule has 3 aromatic rings. The molecule has 0 N–H and O–H groups in total. The smallest absolute Gasteiger partial charge is 0.326 e. The van der Waals surface area contributed by atoms with Crippen molar-refractivity contribution in [3.63, 3.8) is 0 Å². The Kier molecular flexibility index (Phi) is 12.8. The minimum atomic E-state index is -4.08. The highest BCUT2D eigenvalue weighted by molar-refractivity contribution is 7.92. The number of halogens is 4. The lowest BCUT2D eigenvalue weighted by Crippen LogP contribution is -2.55. The molecule has 5 rings (SSSR count). The van der Waals surface area contributed by atoms with Crippen LogP contribution in [0.5, 0.6) is 5.75 Å². The fourth-order valence-electron chi connectivity index (χ4n) is 5.89. The largest absolute Gasteiger partial charge is 0.493 e. The van der Waals surface area contributed by atoms with E-state index in [0.29, 0.717) is 36.2 Å². The van der Waals surface area contributed by atoms with E-state index >= 15 is 4.39 Å². The first-order chi connectivity index (χ1) is 23.2. The Balaban J connectivity index is 0.00000562. The van der Waals surface area contributed by atoms with Crippen molar-refractivity contribution in [2.45, 2.75) is 43.0 Å². The Morgan fingerprint density at radius 2 is 1.52 bits per heavy atom. The topological polar surface area (TPSA) is 103 Å². The Bertz CT molecular complexity index is 1830. The van der Waals surface area contributed by atoms with Gasteiger partial charge in [-0.15, -0.1) is 12.4 Å². The van der Waals surface area contributed by atoms with Crippen LogP contribution in [0.4, 0.5) is 9.18 Å². The number of rotatable bonds is 9. The molecule has 10 nitrogen and oxygen atoms in total. The SMILES string of the molecule is CCOc1cc(F)c(S(=O)(=O)C(C)C)cc1C1=NC(c2ccc(Cl)cc2)C(c2ccc(Cl)cc2)N1C(=O)N1CCN(CC(=O)N(C)C)CC1.Cl. The zero-order valence-corrected chi connectivity index (χ0v) is 31.6. The number of urea groups is 1. The summed E-state index contributed by atoms with van der Waals surface area (Å²) in [5, 5.41) is 0.122. The molecule has 1 fully saturated rings. The van der Waals surface area contributed by atoms with E-state index in [-0.39, 0.29) is 54.6 Å². The summed E-state index contributed by atoms with van der Waals surface area (Å²) >= 11 is 12.5. The van der Waals surface area contributed by atoms with Gasteiger partial charge in [0.15, 0.2) is 9.84 Å². The molecule has 0 bridgehead atoms. The first-order valence-electron chi connectivity index (χ1n) is 16.0. The number of carbonyl (C=O) groups excluding carboxylic acids is 2. The van der Waals surface area contributed by atoms with Gasteiger partial charge in [-0.3, -0.25) is 19.6 Å². The monoisotopic (exact) mass is 767 g/mol. The molecule has 1 saturated heterocycles. The summed E-state index contributed by atoms with van der Waals surface area (Å²) in [6, 6.07) is 14.7. The van der Waals surface area contributed by atoms with Gasteiger partial charge in [0.2, 0.25) is 5.91 Å². The van der Waals surface area contributed by atoms with Crippen LogP contribution in [0, 0.1) is 5.82 Å². The fraction of sp³-hybridized carbons (Fsp3) is 0.400. The number of aliphatic imine (C=N–C) groups is 1. The molecule has 2 heterocycles. The second-order valence-corrected chi connectivity index (χ2v) is 15.8. The van der Waals surface area contributed by atoms with Gasteiger partial charge in [-0.05, 0) is 62.2 Å². The third-order valence-electron chi connectivity index (χ3n) is 8.70. The minimum absolute atomic E-state index is 0.